The van der Waals surface area contributed by atoms with E-state index in [0.717, 1.165) is 18.8 Å². The molecular formula is C17H27O2-. The van der Waals surface area contributed by atoms with Crippen molar-refractivity contribution in [2.75, 3.05) is 0 Å². The second-order valence-corrected chi connectivity index (χ2v) is 6.68. The Balaban J connectivity index is 0.000000399. The fourth-order valence-corrected chi connectivity index (χ4v) is 3.44. The number of carbonyl (C=O) groups excluding carboxylic acids is 1. The van der Waals surface area contributed by atoms with E-state index in [1.54, 1.807) is 5.57 Å². The first kappa shape index (κ1) is 16.0. The zero-order chi connectivity index (χ0) is 14.6. The Morgan fingerprint density at radius 3 is 2.53 bits per heavy atom. The van der Waals surface area contributed by atoms with Crippen molar-refractivity contribution < 1.29 is 9.90 Å². The second-order valence-electron chi connectivity index (χ2n) is 6.68. The predicted octanol–water partition coefficient (Wildman–Crippen LogP) is 3.48. The van der Waals surface area contributed by atoms with Gasteiger partial charge < -0.3 is 9.90 Å². The van der Waals surface area contributed by atoms with E-state index in [-0.39, 0.29) is 0 Å². The molecule has 19 heavy (non-hydrogen) atoms. The molecule has 0 heterocycles. The zero-order valence-corrected chi connectivity index (χ0v) is 12.8. The maximum atomic E-state index is 8.89. The molecule has 2 nitrogen and oxygen atoms in total. The minimum atomic E-state index is -1.08. The topological polar surface area (TPSA) is 40.1 Å². The van der Waals surface area contributed by atoms with Gasteiger partial charge in [-0.3, -0.25) is 0 Å². The van der Waals surface area contributed by atoms with Gasteiger partial charge in [0.05, 0.1) is 0 Å². The molecular weight excluding hydrogens is 236 g/mol. The largest absolute Gasteiger partial charge is 0.550 e. The number of rotatable bonds is 0. The first-order valence-corrected chi connectivity index (χ1v) is 7.25. The fourth-order valence-electron chi connectivity index (χ4n) is 3.44. The highest BCUT2D eigenvalue weighted by molar-refractivity contribution is 5.60. The summed E-state index contributed by atoms with van der Waals surface area (Å²) in [5.74, 6) is 0.644. The third-order valence-electron chi connectivity index (χ3n) is 4.57. The van der Waals surface area contributed by atoms with Crippen LogP contribution in [0, 0.1) is 17.3 Å². The lowest BCUT2D eigenvalue weighted by Crippen LogP contribution is -2.44. The lowest BCUT2D eigenvalue weighted by atomic mass is 9.52. The van der Waals surface area contributed by atoms with Gasteiger partial charge in [-0.05, 0) is 63.2 Å². The summed E-state index contributed by atoms with van der Waals surface area (Å²) in [5, 5.41) is 8.89. The van der Waals surface area contributed by atoms with Crippen LogP contribution < -0.4 is 5.11 Å². The molecule has 0 bridgehead atoms. The van der Waals surface area contributed by atoms with E-state index < -0.39 is 5.97 Å². The molecule has 0 aliphatic heterocycles. The van der Waals surface area contributed by atoms with Gasteiger partial charge in [-0.1, -0.05) is 37.6 Å². The molecule has 0 spiro atoms. The van der Waals surface area contributed by atoms with Gasteiger partial charge in [-0.2, -0.15) is 0 Å². The van der Waals surface area contributed by atoms with Crippen LogP contribution in [0.15, 0.2) is 23.8 Å². The van der Waals surface area contributed by atoms with E-state index in [2.05, 4.69) is 33.4 Å². The third kappa shape index (κ3) is 4.52. The first-order valence-electron chi connectivity index (χ1n) is 7.25. The number of carbonyl (C=O) groups is 1. The smallest absolute Gasteiger partial charge is 0.0383 e. The van der Waals surface area contributed by atoms with Gasteiger partial charge in [0.1, 0.15) is 0 Å². The summed E-state index contributed by atoms with van der Waals surface area (Å²) in [6.45, 7) is 12.4. The molecule has 2 aliphatic rings. The second kappa shape index (κ2) is 6.40. The highest BCUT2D eigenvalue weighted by Gasteiger charge is 2.47. The van der Waals surface area contributed by atoms with Gasteiger partial charge in [-0.25, -0.2) is 0 Å². The van der Waals surface area contributed by atoms with Gasteiger partial charge in [0.2, 0.25) is 0 Å². The molecule has 0 aromatic rings. The van der Waals surface area contributed by atoms with Crippen molar-refractivity contribution in [2.24, 2.45) is 17.3 Å². The summed E-state index contributed by atoms with van der Waals surface area (Å²) in [6.07, 6.45) is 8.90. The van der Waals surface area contributed by atoms with Crippen LogP contribution in [0.1, 0.15) is 59.8 Å². The van der Waals surface area contributed by atoms with E-state index in [0.29, 0.717) is 5.41 Å². The summed E-state index contributed by atoms with van der Waals surface area (Å²) >= 11 is 0. The van der Waals surface area contributed by atoms with Crippen LogP contribution in [-0.4, -0.2) is 5.97 Å². The van der Waals surface area contributed by atoms with Crippen LogP contribution in [0.4, 0.5) is 0 Å². The summed E-state index contributed by atoms with van der Waals surface area (Å²) < 4.78 is 0. The van der Waals surface area contributed by atoms with Crippen molar-refractivity contribution >= 4 is 5.97 Å². The van der Waals surface area contributed by atoms with Crippen molar-refractivity contribution in [3.8, 4) is 0 Å². The van der Waals surface area contributed by atoms with Gasteiger partial charge in [0.25, 0.3) is 0 Å². The SMILES string of the molecule is C=C1CC/C=C(\C)CC[C@@H]2[C@@H]1CC2(C)C.CC(=O)[O-]. The van der Waals surface area contributed by atoms with Crippen molar-refractivity contribution in [3.05, 3.63) is 23.8 Å². The average Bonchev–Trinajstić information content (AvgIpc) is 2.29. The Labute approximate surface area is 117 Å². The molecule has 2 rings (SSSR count). The maximum Gasteiger partial charge on any atom is 0.0383 e. The average molecular weight is 263 g/mol. The summed E-state index contributed by atoms with van der Waals surface area (Å²) in [7, 11) is 0. The highest BCUT2D eigenvalue weighted by Crippen LogP contribution is 2.56. The quantitative estimate of drug-likeness (QED) is 0.628. The van der Waals surface area contributed by atoms with Crippen LogP contribution in [0.5, 0.6) is 0 Å². The van der Waals surface area contributed by atoms with Crippen LogP contribution in [-0.2, 0) is 4.79 Å². The van der Waals surface area contributed by atoms with Crippen LogP contribution in [0.25, 0.3) is 0 Å². The molecule has 0 saturated heterocycles. The molecule has 1 fully saturated rings. The van der Waals surface area contributed by atoms with E-state index in [1.165, 1.54) is 37.7 Å². The number of carboxylic acids is 1. The number of hydrogen-bond donors (Lipinski definition) is 0. The van der Waals surface area contributed by atoms with E-state index in [9.17, 15) is 0 Å². The Morgan fingerprint density at radius 2 is 2.00 bits per heavy atom. The molecule has 0 unspecified atom stereocenters. The Bertz CT molecular complexity index is 373. The third-order valence-corrected chi connectivity index (χ3v) is 4.57. The molecule has 2 heteroatoms. The van der Waals surface area contributed by atoms with Crippen LogP contribution >= 0.6 is 0 Å². The maximum absolute atomic E-state index is 8.89. The molecule has 2 atom stereocenters. The molecule has 0 aromatic heterocycles. The minimum absolute atomic E-state index is 0.568. The molecule has 0 aromatic carbocycles. The molecule has 108 valence electrons. The standard InChI is InChI=1S/C15H24.C2H4O2/c1-11-6-5-7-12(2)13-10-15(3,4)14(13)9-8-11;1-2(3)4/h6,13-14H,2,5,7-10H2,1,3-4H3;1H3,(H,3,4)/p-1/b11-6+;/t13-,14-;/m1./s1. The van der Waals surface area contributed by atoms with Crippen molar-refractivity contribution in [3.63, 3.8) is 0 Å². The Kier molecular flexibility index (Phi) is 5.39. The van der Waals surface area contributed by atoms with E-state index >= 15 is 0 Å². The summed E-state index contributed by atoms with van der Waals surface area (Å²) in [5.41, 5.74) is 3.68. The predicted molar refractivity (Wildman–Crippen MR) is 77.4 cm³/mol. The fraction of sp³-hybridized carbons (Fsp3) is 0.706. The number of fused-ring (bicyclic) bond motifs is 1. The van der Waals surface area contributed by atoms with Gasteiger partial charge in [-0.15, -0.1) is 0 Å². The van der Waals surface area contributed by atoms with Crippen molar-refractivity contribution in [1.82, 2.24) is 0 Å². The monoisotopic (exact) mass is 263 g/mol. The van der Waals surface area contributed by atoms with Crippen molar-refractivity contribution in [1.29, 1.82) is 0 Å². The Morgan fingerprint density at radius 1 is 1.42 bits per heavy atom. The van der Waals surface area contributed by atoms with Crippen molar-refractivity contribution in [2.45, 2.75) is 59.8 Å². The lowest BCUT2D eigenvalue weighted by molar-refractivity contribution is -0.302. The number of carboxylic acid groups (broad SMARTS) is 1. The lowest BCUT2D eigenvalue weighted by Gasteiger charge is -2.53. The van der Waals surface area contributed by atoms with Gasteiger partial charge in [0.15, 0.2) is 0 Å². The highest BCUT2D eigenvalue weighted by atomic mass is 16.4. The van der Waals surface area contributed by atoms with Crippen LogP contribution in [0.2, 0.25) is 0 Å². The zero-order valence-electron chi connectivity index (χ0n) is 12.8. The number of allylic oxidation sites excluding steroid dienone is 3. The molecule has 0 N–H and O–H groups in total. The van der Waals surface area contributed by atoms with Gasteiger partial charge >= 0.3 is 0 Å². The summed E-state index contributed by atoms with van der Waals surface area (Å²) in [6, 6.07) is 0. The normalized spacial score (nSPS) is 32.0. The molecule has 1 saturated carbocycles. The molecule has 0 radical (unpaired) electrons. The molecule has 0 amide bonds. The summed E-state index contributed by atoms with van der Waals surface area (Å²) in [4.78, 5) is 8.89. The van der Waals surface area contributed by atoms with E-state index in [1.807, 2.05) is 0 Å². The van der Waals surface area contributed by atoms with Gasteiger partial charge in [0, 0.05) is 5.97 Å². The number of aliphatic carboxylic acids is 1. The minimum Gasteiger partial charge on any atom is -0.550 e. The van der Waals surface area contributed by atoms with Crippen LogP contribution in [0.3, 0.4) is 0 Å². The first-order chi connectivity index (χ1) is 8.74. The Hall–Kier alpha value is -1.05. The number of hydrogen-bond acceptors (Lipinski definition) is 2. The van der Waals surface area contributed by atoms with E-state index in [4.69, 9.17) is 9.90 Å². The molecule has 2 aliphatic carbocycles.